The van der Waals surface area contributed by atoms with Crippen molar-refractivity contribution >= 4 is 11.8 Å². The number of Topliss-reactive ketones (excluding diaryl/α,β-unsaturated/α-hetero) is 1. The van der Waals surface area contributed by atoms with Crippen molar-refractivity contribution in [1.82, 2.24) is 0 Å². The summed E-state index contributed by atoms with van der Waals surface area (Å²) in [5.41, 5.74) is 2.29. The minimum atomic E-state index is -0.418. The smallest absolute Gasteiger partial charge is 0.337 e. The van der Waals surface area contributed by atoms with Gasteiger partial charge in [-0.15, -0.1) is 0 Å². The SMILES string of the molecule is COC(=O)c1ccc(OCC(=O)c2ccc(C34CC5CC(CC(C5)C3)C4)c(OCOC(C)OC)c2)cc1. The molecule has 0 aromatic heterocycles. The van der Waals surface area contributed by atoms with E-state index in [4.69, 9.17) is 23.7 Å². The van der Waals surface area contributed by atoms with Crippen molar-refractivity contribution in [2.24, 2.45) is 17.8 Å². The van der Waals surface area contributed by atoms with Crippen molar-refractivity contribution in [2.45, 2.75) is 57.2 Å². The standard InChI is InChI=1S/C30H36O7/c1-19(33-2)36-18-37-28-13-24(27(31)17-35-25-7-4-23(5-8-25)29(32)34-3)6-9-26(28)30-14-20-10-21(15-30)12-22(11-20)16-30/h4-9,13,19-22H,10-12,14-18H2,1-3H3. The van der Waals surface area contributed by atoms with Crippen LogP contribution in [0.15, 0.2) is 42.5 Å². The van der Waals surface area contributed by atoms with Crippen molar-refractivity contribution in [3.8, 4) is 11.5 Å². The van der Waals surface area contributed by atoms with Crippen molar-refractivity contribution in [3.63, 3.8) is 0 Å². The number of hydrogen-bond acceptors (Lipinski definition) is 7. The molecule has 4 fully saturated rings. The van der Waals surface area contributed by atoms with Gasteiger partial charge in [0.15, 0.2) is 25.5 Å². The summed E-state index contributed by atoms with van der Waals surface area (Å²) < 4.78 is 27.4. The molecular weight excluding hydrogens is 472 g/mol. The van der Waals surface area contributed by atoms with E-state index in [9.17, 15) is 9.59 Å². The van der Waals surface area contributed by atoms with Crippen molar-refractivity contribution in [1.29, 1.82) is 0 Å². The van der Waals surface area contributed by atoms with Gasteiger partial charge in [-0.3, -0.25) is 4.79 Å². The van der Waals surface area contributed by atoms with E-state index in [1.807, 2.05) is 19.1 Å². The van der Waals surface area contributed by atoms with Crippen LogP contribution in [0.3, 0.4) is 0 Å². The van der Waals surface area contributed by atoms with Crippen molar-refractivity contribution < 1.29 is 33.3 Å². The minimum Gasteiger partial charge on any atom is -0.485 e. The summed E-state index contributed by atoms with van der Waals surface area (Å²) in [6.45, 7) is 1.75. The highest BCUT2D eigenvalue weighted by atomic mass is 16.7. The Kier molecular flexibility index (Phi) is 7.54. The van der Waals surface area contributed by atoms with E-state index in [1.54, 1.807) is 31.4 Å². The van der Waals surface area contributed by atoms with Crippen LogP contribution in [-0.2, 0) is 19.6 Å². The number of methoxy groups -OCH3 is 2. The summed E-state index contributed by atoms with van der Waals surface area (Å²) in [6, 6.07) is 12.4. The molecule has 2 aromatic carbocycles. The number of rotatable bonds is 11. The van der Waals surface area contributed by atoms with Gasteiger partial charge in [-0.1, -0.05) is 12.1 Å². The molecule has 1 unspecified atom stereocenters. The zero-order valence-electron chi connectivity index (χ0n) is 21.9. The van der Waals surface area contributed by atoms with Gasteiger partial charge >= 0.3 is 5.97 Å². The maximum atomic E-state index is 13.1. The zero-order chi connectivity index (χ0) is 26.0. The van der Waals surface area contributed by atoms with Gasteiger partial charge in [-0.25, -0.2) is 4.79 Å². The molecule has 4 saturated carbocycles. The summed E-state index contributed by atoms with van der Waals surface area (Å²) in [4.78, 5) is 24.7. The van der Waals surface area contributed by atoms with Gasteiger partial charge in [0.25, 0.3) is 0 Å². The molecular formula is C30H36O7. The number of ether oxygens (including phenoxy) is 5. The molecule has 1 atom stereocenters. The summed E-state index contributed by atoms with van der Waals surface area (Å²) in [5.74, 6) is 3.05. The maximum Gasteiger partial charge on any atom is 0.337 e. The largest absolute Gasteiger partial charge is 0.485 e. The Morgan fingerprint density at radius 3 is 2.11 bits per heavy atom. The second-order valence-corrected chi connectivity index (χ2v) is 10.9. The Labute approximate surface area is 218 Å². The minimum absolute atomic E-state index is 0.0507. The van der Waals surface area contributed by atoms with Crippen molar-refractivity contribution in [3.05, 3.63) is 59.2 Å². The summed E-state index contributed by atoms with van der Waals surface area (Å²) in [5, 5.41) is 0. The lowest BCUT2D eigenvalue weighted by atomic mass is 9.48. The van der Waals surface area contributed by atoms with Gasteiger partial charge in [0.05, 0.1) is 12.7 Å². The second kappa shape index (κ2) is 10.8. The number of esters is 1. The van der Waals surface area contributed by atoms with E-state index in [0.29, 0.717) is 16.9 Å². The van der Waals surface area contributed by atoms with E-state index in [0.717, 1.165) is 23.5 Å². The molecule has 4 aliphatic carbocycles. The van der Waals surface area contributed by atoms with Crippen LogP contribution in [0.5, 0.6) is 11.5 Å². The van der Waals surface area contributed by atoms with Crippen LogP contribution in [0.4, 0.5) is 0 Å². The molecule has 6 rings (SSSR count). The van der Waals surface area contributed by atoms with Crippen LogP contribution in [0.2, 0.25) is 0 Å². The number of carbonyl (C=O) groups excluding carboxylic acids is 2. The maximum absolute atomic E-state index is 13.1. The lowest BCUT2D eigenvalue weighted by molar-refractivity contribution is -0.150. The molecule has 0 aliphatic heterocycles. The summed E-state index contributed by atoms with van der Waals surface area (Å²) >= 11 is 0. The van der Waals surface area contributed by atoms with E-state index >= 15 is 0 Å². The fraction of sp³-hybridized carbons (Fsp3) is 0.533. The number of hydrogen-bond donors (Lipinski definition) is 0. The topological polar surface area (TPSA) is 80.3 Å². The fourth-order valence-electron chi connectivity index (χ4n) is 6.99. The summed E-state index contributed by atoms with van der Waals surface area (Å²) in [6.07, 6.45) is 7.29. The number of ketones is 1. The third-order valence-electron chi connectivity index (χ3n) is 8.41. The quantitative estimate of drug-likeness (QED) is 0.224. The highest BCUT2D eigenvalue weighted by Gasteiger charge is 2.52. The average Bonchev–Trinajstić information content (AvgIpc) is 2.90. The highest BCUT2D eigenvalue weighted by Crippen LogP contribution is 2.61. The van der Waals surface area contributed by atoms with Gasteiger partial charge in [0.1, 0.15) is 11.5 Å². The van der Waals surface area contributed by atoms with Crippen LogP contribution in [0.25, 0.3) is 0 Å². The fourth-order valence-corrected chi connectivity index (χ4v) is 6.99. The molecule has 37 heavy (non-hydrogen) atoms. The van der Waals surface area contributed by atoms with E-state index in [1.165, 1.54) is 51.2 Å². The van der Waals surface area contributed by atoms with Crippen LogP contribution >= 0.6 is 0 Å². The molecule has 4 aliphatic rings. The Balaban J connectivity index is 1.33. The first kappa shape index (κ1) is 25.7. The predicted molar refractivity (Wildman–Crippen MR) is 137 cm³/mol. The molecule has 4 bridgehead atoms. The lowest BCUT2D eigenvalue weighted by Crippen LogP contribution is -2.48. The monoisotopic (exact) mass is 508 g/mol. The first-order valence-electron chi connectivity index (χ1n) is 13.1. The van der Waals surface area contributed by atoms with Gasteiger partial charge < -0.3 is 23.7 Å². The van der Waals surface area contributed by atoms with Gasteiger partial charge in [0, 0.05) is 18.2 Å². The number of carbonyl (C=O) groups is 2. The first-order valence-corrected chi connectivity index (χ1v) is 13.1. The van der Waals surface area contributed by atoms with E-state index < -0.39 is 5.97 Å². The van der Waals surface area contributed by atoms with Gasteiger partial charge in [0.2, 0.25) is 0 Å². The van der Waals surface area contributed by atoms with Gasteiger partial charge in [-0.05, 0) is 98.9 Å². The van der Waals surface area contributed by atoms with Crippen LogP contribution in [-0.4, -0.2) is 45.7 Å². The van der Waals surface area contributed by atoms with Crippen molar-refractivity contribution in [2.75, 3.05) is 27.6 Å². The molecule has 7 heteroatoms. The van der Waals surface area contributed by atoms with Gasteiger partial charge in [-0.2, -0.15) is 0 Å². The third-order valence-corrected chi connectivity index (χ3v) is 8.41. The first-order chi connectivity index (χ1) is 17.9. The molecule has 0 heterocycles. The normalized spacial score (nSPS) is 26.5. The molecule has 0 radical (unpaired) electrons. The molecule has 2 aromatic rings. The molecule has 0 saturated heterocycles. The zero-order valence-corrected chi connectivity index (χ0v) is 21.9. The number of benzene rings is 2. The van der Waals surface area contributed by atoms with E-state index in [2.05, 4.69) is 6.07 Å². The van der Waals surface area contributed by atoms with Crippen LogP contribution in [0.1, 0.15) is 71.7 Å². The Morgan fingerprint density at radius 2 is 1.51 bits per heavy atom. The average molecular weight is 509 g/mol. The van der Waals surface area contributed by atoms with Crippen LogP contribution in [0, 0.1) is 17.8 Å². The molecule has 198 valence electrons. The predicted octanol–water partition coefficient (Wildman–Crippen LogP) is 5.55. The molecule has 7 nitrogen and oxygen atoms in total. The lowest BCUT2D eigenvalue weighted by Gasteiger charge is -2.57. The Hall–Kier alpha value is -2.90. The third kappa shape index (κ3) is 5.53. The Bertz CT molecular complexity index is 1090. The second-order valence-electron chi connectivity index (χ2n) is 10.9. The van der Waals surface area contributed by atoms with Crippen LogP contribution < -0.4 is 9.47 Å². The molecule has 0 spiro atoms. The Morgan fingerprint density at radius 1 is 0.892 bits per heavy atom. The summed E-state index contributed by atoms with van der Waals surface area (Å²) in [7, 11) is 2.93. The highest BCUT2D eigenvalue weighted by molar-refractivity contribution is 5.97. The van der Waals surface area contributed by atoms with E-state index in [-0.39, 0.29) is 30.9 Å². The molecule has 0 N–H and O–H groups in total. The molecule has 0 amide bonds.